The molecular formula is C11H18O2. The standard InChI is InChI=1S/C11H18O2/c1-4-8-11(2,3)10(13)7-5-6-9-12/h4,10,12-13H,1,6,8-9H2,2-3H3. The first-order chi connectivity index (χ1) is 6.04. The Morgan fingerprint density at radius 3 is 2.62 bits per heavy atom. The molecule has 0 saturated carbocycles. The van der Waals surface area contributed by atoms with Crippen LogP contribution in [0.2, 0.25) is 0 Å². The van der Waals surface area contributed by atoms with Gasteiger partial charge in [-0.3, -0.25) is 0 Å². The molecule has 0 bridgehead atoms. The second-order valence-electron chi connectivity index (χ2n) is 3.68. The molecule has 0 rings (SSSR count). The number of hydrogen-bond donors (Lipinski definition) is 2. The molecule has 0 heterocycles. The minimum Gasteiger partial charge on any atom is -0.395 e. The molecule has 0 aliphatic carbocycles. The third kappa shape index (κ3) is 4.72. The van der Waals surface area contributed by atoms with Crippen LogP contribution >= 0.6 is 0 Å². The molecule has 2 heteroatoms. The average Bonchev–Trinajstić information content (AvgIpc) is 2.04. The fraction of sp³-hybridized carbons (Fsp3) is 0.636. The maximum atomic E-state index is 9.63. The van der Waals surface area contributed by atoms with E-state index in [1.54, 1.807) is 6.08 Å². The van der Waals surface area contributed by atoms with Crippen molar-refractivity contribution < 1.29 is 10.2 Å². The van der Waals surface area contributed by atoms with Gasteiger partial charge >= 0.3 is 0 Å². The van der Waals surface area contributed by atoms with Crippen molar-refractivity contribution in [3.05, 3.63) is 12.7 Å². The van der Waals surface area contributed by atoms with Crippen molar-refractivity contribution >= 4 is 0 Å². The number of rotatable bonds is 4. The molecule has 0 radical (unpaired) electrons. The maximum absolute atomic E-state index is 9.63. The molecule has 0 aromatic heterocycles. The highest BCUT2D eigenvalue weighted by Crippen LogP contribution is 2.24. The van der Waals surface area contributed by atoms with E-state index >= 15 is 0 Å². The van der Waals surface area contributed by atoms with Gasteiger partial charge in [0.25, 0.3) is 0 Å². The van der Waals surface area contributed by atoms with Crippen LogP contribution in [0.25, 0.3) is 0 Å². The predicted octanol–water partition coefficient (Wildman–Crippen LogP) is 1.34. The minimum atomic E-state index is -0.656. The highest BCUT2D eigenvalue weighted by atomic mass is 16.3. The van der Waals surface area contributed by atoms with Gasteiger partial charge in [0.1, 0.15) is 6.10 Å². The molecule has 2 nitrogen and oxygen atoms in total. The molecule has 0 spiro atoms. The minimum absolute atomic E-state index is 0.0433. The summed E-state index contributed by atoms with van der Waals surface area (Å²) in [6.45, 7) is 7.54. The van der Waals surface area contributed by atoms with E-state index in [9.17, 15) is 5.11 Å². The van der Waals surface area contributed by atoms with Gasteiger partial charge in [-0.05, 0) is 6.42 Å². The summed E-state index contributed by atoms with van der Waals surface area (Å²) < 4.78 is 0. The lowest BCUT2D eigenvalue weighted by Crippen LogP contribution is -2.27. The summed E-state index contributed by atoms with van der Waals surface area (Å²) in [5, 5.41) is 18.1. The van der Waals surface area contributed by atoms with Crippen LogP contribution in [-0.2, 0) is 0 Å². The van der Waals surface area contributed by atoms with Crippen LogP contribution in [0.15, 0.2) is 12.7 Å². The third-order valence-electron chi connectivity index (χ3n) is 1.89. The van der Waals surface area contributed by atoms with Crippen LogP contribution < -0.4 is 0 Å². The quantitative estimate of drug-likeness (QED) is 0.509. The second-order valence-corrected chi connectivity index (χ2v) is 3.68. The van der Waals surface area contributed by atoms with Gasteiger partial charge in [-0.1, -0.05) is 31.8 Å². The van der Waals surface area contributed by atoms with Crippen LogP contribution in [0.4, 0.5) is 0 Å². The van der Waals surface area contributed by atoms with E-state index in [1.165, 1.54) is 0 Å². The molecule has 74 valence electrons. The summed E-state index contributed by atoms with van der Waals surface area (Å²) in [7, 11) is 0. The molecule has 0 aliphatic heterocycles. The fourth-order valence-corrected chi connectivity index (χ4v) is 0.904. The summed E-state index contributed by atoms with van der Waals surface area (Å²) in [6, 6.07) is 0. The van der Waals surface area contributed by atoms with Gasteiger partial charge in [-0.2, -0.15) is 0 Å². The smallest absolute Gasteiger partial charge is 0.120 e. The molecule has 1 unspecified atom stereocenters. The summed E-state index contributed by atoms with van der Waals surface area (Å²) in [5.41, 5.74) is -0.260. The first kappa shape index (κ1) is 12.2. The normalized spacial score (nSPS) is 12.9. The van der Waals surface area contributed by atoms with Gasteiger partial charge in [-0.25, -0.2) is 0 Å². The molecule has 0 aromatic carbocycles. The van der Waals surface area contributed by atoms with Crippen molar-refractivity contribution in [3.8, 4) is 11.8 Å². The van der Waals surface area contributed by atoms with Crippen molar-refractivity contribution in [2.24, 2.45) is 5.41 Å². The number of aliphatic hydroxyl groups excluding tert-OH is 2. The van der Waals surface area contributed by atoms with Gasteiger partial charge in [0, 0.05) is 11.8 Å². The first-order valence-electron chi connectivity index (χ1n) is 4.43. The predicted molar refractivity (Wildman–Crippen MR) is 54.1 cm³/mol. The Bertz CT molecular complexity index is 208. The number of hydrogen-bond acceptors (Lipinski definition) is 2. The zero-order valence-electron chi connectivity index (χ0n) is 8.38. The van der Waals surface area contributed by atoms with Gasteiger partial charge in [0.05, 0.1) is 6.61 Å². The van der Waals surface area contributed by atoms with Crippen molar-refractivity contribution in [1.82, 2.24) is 0 Å². The van der Waals surface area contributed by atoms with E-state index in [-0.39, 0.29) is 12.0 Å². The maximum Gasteiger partial charge on any atom is 0.120 e. The Morgan fingerprint density at radius 2 is 2.15 bits per heavy atom. The van der Waals surface area contributed by atoms with E-state index in [0.29, 0.717) is 6.42 Å². The fourth-order valence-electron chi connectivity index (χ4n) is 0.904. The average molecular weight is 182 g/mol. The lowest BCUT2D eigenvalue weighted by Gasteiger charge is -2.25. The van der Waals surface area contributed by atoms with Crippen LogP contribution in [0.1, 0.15) is 26.7 Å². The Morgan fingerprint density at radius 1 is 1.54 bits per heavy atom. The highest BCUT2D eigenvalue weighted by molar-refractivity contribution is 5.09. The molecule has 1 atom stereocenters. The summed E-state index contributed by atoms with van der Waals surface area (Å²) in [6.07, 6.45) is 2.26. The molecule has 2 N–H and O–H groups in total. The Kier molecular flexibility index (Phi) is 5.45. The van der Waals surface area contributed by atoms with Gasteiger partial charge in [-0.15, -0.1) is 6.58 Å². The largest absolute Gasteiger partial charge is 0.395 e. The lowest BCUT2D eigenvalue weighted by atomic mass is 9.83. The van der Waals surface area contributed by atoms with E-state index in [4.69, 9.17) is 5.11 Å². The monoisotopic (exact) mass is 182 g/mol. The van der Waals surface area contributed by atoms with E-state index in [0.717, 1.165) is 6.42 Å². The van der Waals surface area contributed by atoms with Crippen molar-refractivity contribution in [2.75, 3.05) is 6.61 Å². The molecule has 13 heavy (non-hydrogen) atoms. The molecule has 0 amide bonds. The Balaban J connectivity index is 4.16. The van der Waals surface area contributed by atoms with Crippen LogP contribution in [0, 0.1) is 17.3 Å². The van der Waals surface area contributed by atoms with Crippen molar-refractivity contribution in [2.45, 2.75) is 32.8 Å². The topological polar surface area (TPSA) is 40.5 Å². The molecule has 0 aliphatic rings. The summed E-state index contributed by atoms with van der Waals surface area (Å²) in [5.74, 6) is 5.42. The first-order valence-corrected chi connectivity index (χ1v) is 4.43. The lowest BCUT2D eigenvalue weighted by molar-refractivity contribution is 0.101. The summed E-state index contributed by atoms with van der Waals surface area (Å²) in [4.78, 5) is 0. The second kappa shape index (κ2) is 5.80. The highest BCUT2D eigenvalue weighted by Gasteiger charge is 2.24. The van der Waals surface area contributed by atoms with Crippen LogP contribution in [0.3, 0.4) is 0 Å². The number of allylic oxidation sites excluding steroid dienone is 1. The third-order valence-corrected chi connectivity index (χ3v) is 1.89. The summed E-state index contributed by atoms with van der Waals surface area (Å²) >= 11 is 0. The molecule has 0 fully saturated rings. The Hall–Kier alpha value is -0.780. The van der Waals surface area contributed by atoms with E-state index in [1.807, 2.05) is 13.8 Å². The number of aliphatic hydroxyl groups is 2. The molecule has 0 saturated heterocycles. The van der Waals surface area contributed by atoms with Crippen molar-refractivity contribution in [3.63, 3.8) is 0 Å². The Labute approximate surface area is 80.3 Å². The zero-order chi connectivity index (χ0) is 10.3. The van der Waals surface area contributed by atoms with Gasteiger partial charge in [0.15, 0.2) is 0 Å². The van der Waals surface area contributed by atoms with Crippen molar-refractivity contribution in [1.29, 1.82) is 0 Å². The SMILES string of the molecule is C=CCC(C)(C)C(O)C#CCCO. The zero-order valence-corrected chi connectivity index (χ0v) is 8.38. The van der Waals surface area contributed by atoms with Gasteiger partial charge in [0.2, 0.25) is 0 Å². The van der Waals surface area contributed by atoms with Crippen LogP contribution in [-0.4, -0.2) is 22.9 Å². The van der Waals surface area contributed by atoms with Gasteiger partial charge < -0.3 is 10.2 Å². The molecule has 0 aromatic rings. The van der Waals surface area contributed by atoms with E-state index in [2.05, 4.69) is 18.4 Å². The molecular weight excluding hydrogens is 164 g/mol. The van der Waals surface area contributed by atoms with E-state index < -0.39 is 6.10 Å². The van der Waals surface area contributed by atoms with Crippen LogP contribution in [0.5, 0.6) is 0 Å².